The number of Topliss-reactive ketones (excluding diaryl/α,β-unsaturated/α-hetero) is 1. The summed E-state index contributed by atoms with van der Waals surface area (Å²) in [7, 11) is 0. The molecule has 1 aromatic carbocycles. The Bertz CT molecular complexity index is 321. The highest BCUT2D eigenvalue weighted by Crippen LogP contribution is 2.28. The van der Waals surface area contributed by atoms with Crippen LogP contribution in [-0.2, 0) is 10.5 Å². The first-order chi connectivity index (χ1) is 7.34. The van der Waals surface area contributed by atoms with Gasteiger partial charge < -0.3 is 0 Å². The molecule has 1 aliphatic rings. The first-order valence-electron chi connectivity index (χ1n) is 5.52. The van der Waals surface area contributed by atoms with Crippen LogP contribution in [0.25, 0.3) is 0 Å². The molecule has 0 aromatic heterocycles. The van der Waals surface area contributed by atoms with E-state index in [1.165, 1.54) is 12.0 Å². The third-order valence-corrected chi connectivity index (χ3v) is 4.14. The van der Waals surface area contributed by atoms with Gasteiger partial charge in [0.15, 0.2) is 0 Å². The Hall–Kier alpha value is -0.760. The van der Waals surface area contributed by atoms with E-state index in [-0.39, 0.29) is 0 Å². The van der Waals surface area contributed by atoms with Crippen molar-refractivity contribution in [2.75, 3.05) is 0 Å². The average Bonchev–Trinajstić information content (AvgIpc) is 2.28. The molecule has 1 aliphatic carbocycles. The van der Waals surface area contributed by atoms with Gasteiger partial charge in [0.05, 0.1) is 0 Å². The average molecular weight is 220 g/mol. The van der Waals surface area contributed by atoms with Gasteiger partial charge in [0.1, 0.15) is 5.78 Å². The lowest BCUT2D eigenvalue weighted by atomic mass is 9.99. The molecule has 0 bridgehead atoms. The molecule has 15 heavy (non-hydrogen) atoms. The Morgan fingerprint density at radius 3 is 2.80 bits per heavy atom. The van der Waals surface area contributed by atoms with Gasteiger partial charge in [0.2, 0.25) is 0 Å². The molecule has 1 nitrogen and oxygen atoms in total. The van der Waals surface area contributed by atoms with E-state index in [2.05, 4.69) is 24.3 Å². The lowest BCUT2D eigenvalue weighted by molar-refractivity contribution is -0.120. The van der Waals surface area contributed by atoms with Crippen molar-refractivity contribution in [3.63, 3.8) is 0 Å². The summed E-state index contributed by atoms with van der Waals surface area (Å²) in [6.45, 7) is 0. The molecule has 1 saturated carbocycles. The number of benzene rings is 1. The number of hydrogen-bond donors (Lipinski definition) is 0. The third kappa shape index (κ3) is 3.38. The molecule has 0 spiro atoms. The van der Waals surface area contributed by atoms with Crippen LogP contribution in [0.2, 0.25) is 0 Å². The molecule has 0 N–H and O–H groups in total. The number of carbonyl (C=O) groups is 1. The number of rotatable bonds is 3. The molecule has 0 radical (unpaired) electrons. The fourth-order valence-corrected chi connectivity index (χ4v) is 3.17. The molecule has 1 aromatic rings. The number of carbonyl (C=O) groups excluding carboxylic acids is 1. The lowest BCUT2D eigenvalue weighted by Crippen LogP contribution is -2.16. The topological polar surface area (TPSA) is 17.1 Å². The van der Waals surface area contributed by atoms with Gasteiger partial charge in [-0.25, -0.2) is 0 Å². The van der Waals surface area contributed by atoms with Crippen LogP contribution in [0, 0.1) is 0 Å². The highest BCUT2D eigenvalue weighted by molar-refractivity contribution is 7.99. The van der Waals surface area contributed by atoms with Gasteiger partial charge in [0.25, 0.3) is 0 Å². The van der Waals surface area contributed by atoms with Crippen molar-refractivity contribution in [3.05, 3.63) is 35.9 Å². The minimum atomic E-state index is 0.451. The Morgan fingerprint density at radius 1 is 1.27 bits per heavy atom. The van der Waals surface area contributed by atoms with E-state index in [0.29, 0.717) is 11.0 Å². The van der Waals surface area contributed by atoms with Crippen LogP contribution >= 0.6 is 11.8 Å². The van der Waals surface area contributed by atoms with E-state index in [1.807, 2.05) is 17.8 Å². The summed E-state index contributed by atoms with van der Waals surface area (Å²) in [6, 6.07) is 10.5. The summed E-state index contributed by atoms with van der Waals surface area (Å²) >= 11 is 1.93. The summed E-state index contributed by atoms with van der Waals surface area (Å²) in [4.78, 5) is 11.3. The molecule has 1 atom stereocenters. The smallest absolute Gasteiger partial charge is 0.134 e. The van der Waals surface area contributed by atoms with Crippen LogP contribution in [0.15, 0.2) is 30.3 Å². The number of hydrogen-bond acceptors (Lipinski definition) is 2. The van der Waals surface area contributed by atoms with Gasteiger partial charge in [-0.1, -0.05) is 30.3 Å². The predicted molar refractivity (Wildman–Crippen MR) is 65.0 cm³/mol. The quantitative estimate of drug-likeness (QED) is 0.776. The zero-order chi connectivity index (χ0) is 10.5. The van der Waals surface area contributed by atoms with Crippen LogP contribution in [0.3, 0.4) is 0 Å². The van der Waals surface area contributed by atoms with E-state index in [4.69, 9.17) is 0 Å². The van der Waals surface area contributed by atoms with Gasteiger partial charge >= 0.3 is 0 Å². The minimum absolute atomic E-state index is 0.451. The van der Waals surface area contributed by atoms with Crippen molar-refractivity contribution < 1.29 is 4.79 Å². The largest absolute Gasteiger partial charge is 0.300 e. The molecule has 2 rings (SSSR count). The zero-order valence-electron chi connectivity index (χ0n) is 8.82. The summed E-state index contributed by atoms with van der Waals surface area (Å²) in [5, 5.41) is 0.562. The predicted octanol–water partition coefficient (Wildman–Crippen LogP) is 3.43. The van der Waals surface area contributed by atoms with Crippen LogP contribution in [-0.4, -0.2) is 11.0 Å². The Labute approximate surface area is 95.3 Å². The van der Waals surface area contributed by atoms with E-state index >= 15 is 0 Å². The molecular formula is C13H16OS. The van der Waals surface area contributed by atoms with Gasteiger partial charge in [-0.3, -0.25) is 4.79 Å². The molecule has 0 unspecified atom stereocenters. The molecule has 1 fully saturated rings. The van der Waals surface area contributed by atoms with Gasteiger partial charge in [-0.2, -0.15) is 11.8 Å². The zero-order valence-corrected chi connectivity index (χ0v) is 9.63. The Kier molecular flexibility index (Phi) is 3.84. The molecule has 0 aliphatic heterocycles. The maximum Gasteiger partial charge on any atom is 0.134 e. The second kappa shape index (κ2) is 5.36. The van der Waals surface area contributed by atoms with E-state index < -0.39 is 0 Å². The molecule has 80 valence electrons. The Balaban J connectivity index is 1.80. The summed E-state index contributed by atoms with van der Waals surface area (Å²) < 4.78 is 0. The Morgan fingerprint density at radius 2 is 2.07 bits per heavy atom. The maximum absolute atomic E-state index is 11.3. The summed E-state index contributed by atoms with van der Waals surface area (Å²) in [6.07, 6.45) is 3.90. The SMILES string of the molecule is O=C1CCC[C@@H](SCc2ccccc2)C1. The second-order valence-corrected chi connectivity index (χ2v) is 5.34. The minimum Gasteiger partial charge on any atom is -0.300 e. The van der Waals surface area contributed by atoms with Crippen molar-refractivity contribution in [3.8, 4) is 0 Å². The standard InChI is InChI=1S/C13H16OS/c14-12-7-4-8-13(9-12)15-10-11-5-2-1-3-6-11/h1-3,5-6,13H,4,7-10H2/t13-/m1/s1. The van der Waals surface area contributed by atoms with Crippen LogP contribution in [0.1, 0.15) is 31.2 Å². The van der Waals surface area contributed by atoms with Crippen molar-refractivity contribution in [2.45, 2.75) is 36.7 Å². The normalized spacial score (nSPS) is 21.6. The van der Waals surface area contributed by atoms with Gasteiger partial charge in [0, 0.05) is 23.8 Å². The van der Waals surface area contributed by atoms with Crippen molar-refractivity contribution in [1.82, 2.24) is 0 Å². The highest BCUT2D eigenvalue weighted by atomic mass is 32.2. The van der Waals surface area contributed by atoms with Gasteiger partial charge in [-0.05, 0) is 18.4 Å². The molecular weight excluding hydrogens is 204 g/mol. The fourth-order valence-electron chi connectivity index (χ4n) is 1.92. The van der Waals surface area contributed by atoms with Crippen molar-refractivity contribution >= 4 is 17.5 Å². The molecule has 2 heteroatoms. The second-order valence-electron chi connectivity index (χ2n) is 4.05. The number of thioether (sulfide) groups is 1. The van der Waals surface area contributed by atoms with Crippen LogP contribution in [0.4, 0.5) is 0 Å². The van der Waals surface area contributed by atoms with E-state index in [9.17, 15) is 4.79 Å². The van der Waals surface area contributed by atoms with Crippen LogP contribution in [0.5, 0.6) is 0 Å². The molecule has 0 saturated heterocycles. The highest BCUT2D eigenvalue weighted by Gasteiger charge is 2.19. The first kappa shape index (κ1) is 10.7. The van der Waals surface area contributed by atoms with E-state index in [0.717, 1.165) is 25.0 Å². The summed E-state index contributed by atoms with van der Waals surface area (Å²) in [5.74, 6) is 1.49. The summed E-state index contributed by atoms with van der Waals surface area (Å²) in [5.41, 5.74) is 1.36. The maximum atomic E-state index is 11.3. The first-order valence-corrected chi connectivity index (χ1v) is 6.57. The van der Waals surface area contributed by atoms with Crippen molar-refractivity contribution in [2.24, 2.45) is 0 Å². The van der Waals surface area contributed by atoms with E-state index in [1.54, 1.807) is 0 Å². The number of ketones is 1. The molecule has 0 heterocycles. The fraction of sp³-hybridized carbons (Fsp3) is 0.462. The van der Waals surface area contributed by atoms with Crippen molar-refractivity contribution in [1.29, 1.82) is 0 Å². The monoisotopic (exact) mass is 220 g/mol. The third-order valence-electron chi connectivity index (χ3n) is 2.77. The lowest BCUT2D eigenvalue weighted by Gasteiger charge is -2.20. The van der Waals surface area contributed by atoms with Gasteiger partial charge in [-0.15, -0.1) is 0 Å². The van der Waals surface area contributed by atoms with Crippen LogP contribution < -0.4 is 0 Å². The molecule has 0 amide bonds.